The van der Waals surface area contributed by atoms with Crippen molar-refractivity contribution in [3.8, 4) is 11.4 Å². The lowest BCUT2D eigenvalue weighted by Crippen LogP contribution is -1.99. The highest BCUT2D eigenvalue weighted by Crippen LogP contribution is 2.34. The molecular weight excluding hydrogens is 352 g/mol. The molecule has 0 amide bonds. The monoisotopic (exact) mass is 366 g/mol. The Morgan fingerprint density at radius 2 is 1.96 bits per heavy atom. The number of nitrogens with one attached hydrogen (secondary N) is 1. The summed E-state index contributed by atoms with van der Waals surface area (Å²) in [5, 5.41) is 5.17. The molecule has 1 aromatic carbocycles. The number of hydrogen-bond acceptors (Lipinski definition) is 5. The molecule has 0 bridgehead atoms. The van der Waals surface area contributed by atoms with Crippen LogP contribution in [0.2, 0.25) is 5.02 Å². The molecule has 0 atom stereocenters. The van der Waals surface area contributed by atoms with Crippen LogP contribution < -0.4 is 5.32 Å². The molecule has 4 rings (SSSR count). The molecule has 0 spiro atoms. The van der Waals surface area contributed by atoms with E-state index < -0.39 is 0 Å². The van der Waals surface area contributed by atoms with Crippen molar-refractivity contribution in [3.63, 3.8) is 0 Å². The van der Waals surface area contributed by atoms with E-state index in [0.717, 1.165) is 37.9 Å². The van der Waals surface area contributed by atoms with Crippen LogP contribution in [0.4, 0.5) is 11.5 Å². The smallest absolute Gasteiger partial charge is 0.164 e. The third kappa shape index (κ3) is 3.08. The van der Waals surface area contributed by atoms with Crippen molar-refractivity contribution in [1.29, 1.82) is 0 Å². The van der Waals surface area contributed by atoms with Crippen molar-refractivity contribution in [2.24, 2.45) is 0 Å². The summed E-state index contributed by atoms with van der Waals surface area (Å²) in [4.78, 5) is 15.8. The third-order valence-corrected chi connectivity index (χ3v) is 5.31. The Balaban J connectivity index is 1.88. The summed E-state index contributed by atoms with van der Waals surface area (Å²) in [6.07, 6.45) is 3.52. The molecule has 6 heteroatoms. The first-order valence-electron chi connectivity index (χ1n) is 7.82. The molecular formula is C19H15ClN4S. The van der Waals surface area contributed by atoms with Gasteiger partial charge in [-0.3, -0.25) is 4.98 Å². The van der Waals surface area contributed by atoms with Crippen molar-refractivity contribution in [2.45, 2.75) is 13.8 Å². The number of pyridine rings is 1. The lowest BCUT2D eigenvalue weighted by Gasteiger charge is -2.12. The first-order valence-corrected chi connectivity index (χ1v) is 9.02. The molecule has 3 heterocycles. The van der Waals surface area contributed by atoms with Crippen LogP contribution in [-0.2, 0) is 0 Å². The maximum absolute atomic E-state index is 6.25. The molecule has 0 saturated heterocycles. The Kier molecular flexibility index (Phi) is 4.11. The Labute approximate surface area is 154 Å². The SMILES string of the molecule is Cc1cc2c(Nc3cccc(Cl)c3C)nc(-c3cccnc3)nc2s1. The van der Waals surface area contributed by atoms with Gasteiger partial charge in [0.1, 0.15) is 10.6 Å². The molecule has 25 heavy (non-hydrogen) atoms. The maximum Gasteiger partial charge on any atom is 0.164 e. The van der Waals surface area contributed by atoms with Crippen LogP contribution in [0.3, 0.4) is 0 Å². The van der Waals surface area contributed by atoms with Gasteiger partial charge in [0.05, 0.1) is 5.39 Å². The summed E-state index contributed by atoms with van der Waals surface area (Å²) in [6.45, 7) is 4.06. The number of anilines is 2. The lowest BCUT2D eigenvalue weighted by atomic mass is 10.2. The second-order valence-corrected chi connectivity index (χ2v) is 7.39. The van der Waals surface area contributed by atoms with Gasteiger partial charge >= 0.3 is 0 Å². The number of halogens is 1. The van der Waals surface area contributed by atoms with Crippen molar-refractivity contribution in [3.05, 3.63) is 64.3 Å². The van der Waals surface area contributed by atoms with Gasteiger partial charge in [-0.1, -0.05) is 17.7 Å². The van der Waals surface area contributed by atoms with Gasteiger partial charge in [0.2, 0.25) is 0 Å². The molecule has 0 aliphatic heterocycles. The van der Waals surface area contributed by atoms with E-state index in [4.69, 9.17) is 21.6 Å². The number of nitrogens with zero attached hydrogens (tertiary/aromatic N) is 3. The normalized spacial score (nSPS) is 11.0. The summed E-state index contributed by atoms with van der Waals surface area (Å²) in [5.74, 6) is 1.43. The molecule has 0 saturated carbocycles. The average molecular weight is 367 g/mol. The molecule has 0 unspecified atom stereocenters. The van der Waals surface area contributed by atoms with Crippen LogP contribution in [0.1, 0.15) is 10.4 Å². The van der Waals surface area contributed by atoms with Gasteiger partial charge in [-0.2, -0.15) is 0 Å². The first kappa shape index (κ1) is 16.0. The molecule has 4 nitrogen and oxygen atoms in total. The predicted octanol–water partition coefficient (Wildman–Crippen LogP) is 5.77. The van der Waals surface area contributed by atoms with Crippen molar-refractivity contribution in [2.75, 3.05) is 5.32 Å². The molecule has 0 radical (unpaired) electrons. The lowest BCUT2D eigenvalue weighted by molar-refractivity contribution is 1.21. The van der Waals surface area contributed by atoms with Crippen LogP contribution >= 0.6 is 22.9 Å². The predicted molar refractivity (Wildman–Crippen MR) is 105 cm³/mol. The topological polar surface area (TPSA) is 50.7 Å². The molecule has 0 aliphatic rings. The number of aryl methyl sites for hydroxylation is 1. The van der Waals surface area contributed by atoms with E-state index >= 15 is 0 Å². The van der Waals surface area contributed by atoms with Gasteiger partial charge < -0.3 is 5.32 Å². The quantitative estimate of drug-likeness (QED) is 0.500. The highest BCUT2D eigenvalue weighted by Gasteiger charge is 2.13. The number of thiophene rings is 1. The van der Waals surface area contributed by atoms with Crippen molar-refractivity contribution >= 4 is 44.7 Å². The fourth-order valence-corrected chi connectivity index (χ4v) is 3.69. The number of hydrogen-bond donors (Lipinski definition) is 1. The van der Waals surface area contributed by atoms with E-state index in [1.54, 1.807) is 23.7 Å². The minimum absolute atomic E-state index is 0.657. The standard InChI is InChI=1S/C19H15ClN4S/c1-11-9-14-18(22-16-7-3-6-15(20)12(16)2)23-17(24-19(14)25-11)13-5-4-8-21-10-13/h3-10H,1-2H3,(H,22,23,24). The Morgan fingerprint density at radius 1 is 1.08 bits per heavy atom. The second-order valence-electron chi connectivity index (χ2n) is 5.75. The van der Waals surface area contributed by atoms with Gasteiger partial charge in [0, 0.05) is 33.5 Å². The van der Waals surface area contributed by atoms with Gasteiger partial charge in [0.25, 0.3) is 0 Å². The van der Waals surface area contributed by atoms with Crippen molar-refractivity contribution < 1.29 is 0 Å². The largest absolute Gasteiger partial charge is 0.339 e. The minimum atomic E-state index is 0.657. The second kappa shape index (κ2) is 6.43. The van der Waals surface area contributed by atoms with E-state index in [-0.39, 0.29) is 0 Å². The summed E-state index contributed by atoms with van der Waals surface area (Å²) < 4.78 is 0. The summed E-state index contributed by atoms with van der Waals surface area (Å²) in [6, 6.07) is 11.8. The van der Waals surface area contributed by atoms with Gasteiger partial charge in [-0.15, -0.1) is 11.3 Å². The van der Waals surface area contributed by atoms with Crippen LogP contribution in [0.5, 0.6) is 0 Å². The van der Waals surface area contributed by atoms with Crippen LogP contribution in [0.15, 0.2) is 48.8 Å². The Morgan fingerprint density at radius 3 is 2.76 bits per heavy atom. The van der Waals surface area contributed by atoms with E-state index in [0.29, 0.717) is 5.82 Å². The number of aromatic nitrogens is 3. The average Bonchev–Trinajstić information content (AvgIpc) is 3.00. The number of rotatable bonds is 3. The van der Waals surface area contributed by atoms with E-state index in [1.807, 2.05) is 37.3 Å². The molecule has 1 N–H and O–H groups in total. The zero-order chi connectivity index (χ0) is 17.4. The molecule has 124 valence electrons. The van der Waals surface area contributed by atoms with E-state index in [9.17, 15) is 0 Å². The Bertz CT molecular complexity index is 1060. The summed E-state index contributed by atoms with van der Waals surface area (Å²) in [5.41, 5.74) is 2.82. The maximum atomic E-state index is 6.25. The van der Waals surface area contributed by atoms with E-state index in [2.05, 4.69) is 23.3 Å². The highest BCUT2D eigenvalue weighted by atomic mass is 35.5. The first-order chi connectivity index (χ1) is 12.1. The zero-order valence-electron chi connectivity index (χ0n) is 13.7. The Hall–Kier alpha value is -2.50. The number of fused-ring (bicyclic) bond motifs is 1. The van der Waals surface area contributed by atoms with Gasteiger partial charge in [0.15, 0.2) is 5.82 Å². The van der Waals surface area contributed by atoms with Crippen molar-refractivity contribution in [1.82, 2.24) is 15.0 Å². The van der Waals surface area contributed by atoms with Crippen LogP contribution in [0, 0.1) is 13.8 Å². The number of benzene rings is 1. The van der Waals surface area contributed by atoms with Crippen LogP contribution in [0.25, 0.3) is 21.6 Å². The highest BCUT2D eigenvalue weighted by molar-refractivity contribution is 7.18. The van der Waals surface area contributed by atoms with E-state index in [1.165, 1.54) is 4.88 Å². The minimum Gasteiger partial charge on any atom is -0.339 e. The summed E-state index contributed by atoms with van der Waals surface area (Å²) >= 11 is 7.91. The fourth-order valence-electron chi connectivity index (χ4n) is 2.63. The fraction of sp³-hybridized carbons (Fsp3) is 0.105. The molecule has 0 aliphatic carbocycles. The summed E-state index contributed by atoms with van der Waals surface area (Å²) in [7, 11) is 0. The molecule has 4 aromatic rings. The van der Waals surface area contributed by atoms with Gasteiger partial charge in [-0.25, -0.2) is 9.97 Å². The third-order valence-electron chi connectivity index (χ3n) is 3.96. The zero-order valence-corrected chi connectivity index (χ0v) is 15.3. The molecule has 3 aromatic heterocycles. The molecule has 0 fully saturated rings. The van der Waals surface area contributed by atoms with Gasteiger partial charge in [-0.05, 0) is 49.7 Å². The van der Waals surface area contributed by atoms with Crippen LogP contribution in [-0.4, -0.2) is 15.0 Å².